The highest BCUT2D eigenvalue weighted by Gasteiger charge is 2.15. The average molecular weight is 359 g/mol. The fraction of sp³-hybridized carbons (Fsp3) is 0.0952. The van der Waals surface area contributed by atoms with Crippen LogP contribution in [0.1, 0.15) is 11.1 Å². The summed E-state index contributed by atoms with van der Waals surface area (Å²) < 4.78 is 1.61. The van der Waals surface area contributed by atoms with E-state index in [2.05, 4.69) is 5.32 Å². The number of aliphatic carboxylic acids is 1. The van der Waals surface area contributed by atoms with Crippen molar-refractivity contribution in [2.45, 2.75) is 13.5 Å². The van der Waals surface area contributed by atoms with Gasteiger partial charge in [-0.05, 0) is 30.7 Å². The summed E-state index contributed by atoms with van der Waals surface area (Å²) in [6, 6.07) is 16.4. The Kier molecular flexibility index (Phi) is 5.04. The van der Waals surface area contributed by atoms with Gasteiger partial charge in [0.25, 0.3) is 5.91 Å². The van der Waals surface area contributed by atoms with Crippen molar-refractivity contribution in [2.75, 3.05) is 5.32 Å². The van der Waals surface area contributed by atoms with E-state index in [1.165, 1.54) is 6.08 Å². The number of benzene rings is 2. The smallest absolute Gasteiger partial charge is 0.323 e. The molecular formula is C21H17N3O3. The number of amides is 1. The zero-order valence-corrected chi connectivity index (χ0v) is 14.6. The number of aromatic nitrogens is 1. The third kappa shape index (κ3) is 3.88. The predicted molar refractivity (Wildman–Crippen MR) is 103 cm³/mol. The number of hydrogen-bond acceptors (Lipinski definition) is 3. The lowest BCUT2D eigenvalue weighted by Crippen LogP contribution is -2.13. The van der Waals surface area contributed by atoms with Gasteiger partial charge in [0.05, 0.1) is 5.52 Å². The Bertz CT molecular complexity index is 1090. The van der Waals surface area contributed by atoms with Crippen LogP contribution in [0.4, 0.5) is 5.69 Å². The van der Waals surface area contributed by atoms with Crippen LogP contribution < -0.4 is 5.32 Å². The minimum atomic E-state index is -0.965. The molecule has 0 aliphatic heterocycles. The molecule has 1 amide bonds. The van der Waals surface area contributed by atoms with Crippen LogP contribution in [0.2, 0.25) is 0 Å². The minimum Gasteiger partial charge on any atom is -0.480 e. The van der Waals surface area contributed by atoms with E-state index in [1.807, 2.05) is 37.3 Å². The lowest BCUT2D eigenvalue weighted by atomic mass is 10.1. The van der Waals surface area contributed by atoms with Crippen LogP contribution >= 0.6 is 0 Å². The van der Waals surface area contributed by atoms with Crippen LogP contribution in [0.15, 0.2) is 60.3 Å². The fourth-order valence-corrected chi connectivity index (χ4v) is 2.98. The number of hydrogen-bond donors (Lipinski definition) is 2. The highest BCUT2D eigenvalue weighted by atomic mass is 16.4. The number of carbonyl (C=O) groups is 2. The maximum atomic E-state index is 12.4. The summed E-state index contributed by atoms with van der Waals surface area (Å²) in [6.07, 6.45) is 3.14. The van der Waals surface area contributed by atoms with Gasteiger partial charge < -0.3 is 15.0 Å². The largest absolute Gasteiger partial charge is 0.480 e. The van der Waals surface area contributed by atoms with Crippen molar-refractivity contribution in [1.82, 2.24) is 4.57 Å². The maximum absolute atomic E-state index is 12.4. The van der Waals surface area contributed by atoms with E-state index in [1.54, 1.807) is 35.0 Å². The second kappa shape index (κ2) is 7.58. The van der Waals surface area contributed by atoms with E-state index in [4.69, 9.17) is 5.11 Å². The summed E-state index contributed by atoms with van der Waals surface area (Å²) in [5, 5.41) is 22.1. The molecule has 27 heavy (non-hydrogen) atoms. The number of carboxylic acids is 1. The number of para-hydroxylation sites is 2. The average Bonchev–Trinajstić information content (AvgIpc) is 2.98. The number of fused-ring (bicyclic) bond motifs is 1. The standard InChI is InChI=1S/C21H17N3O3/c1-14-6-5-9-18-16(12-24(20(14)18)13-19(25)26)10-15(11-22)21(27)23-17-7-3-2-4-8-17/h2-10,12H,13H2,1H3,(H,23,27)(H,25,26)/b15-10+. The van der Waals surface area contributed by atoms with Crippen LogP contribution in [-0.4, -0.2) is 21.6 Å². The normalized spacial score (nSPS) is 11.2. The molecule has 0 radical (unpaired) electrons. The molecule has 134 valence electrons. The van der Waals surface area contributed by atoms with Crippen molar-refractivity contribution >= 4 is 34.5 Å². The molecule has 0 aliphatic carbocycles. The number of rotatable bonds is 5. The van der Waals surface area contributed by atoms with Crippen LogP contribution in [0, 0.1) is 18.3 Å². The third-order valence-corrected chi connectivity index (χ3v) is 4.13. The SMILES string of the molecule is Cc1cccc2c(/C=C(\C#N)C(=O)Nc3ccccc3)cn(CC(=O)O)c12. The van der Waals surface area contributed by atoms with Crippen molar-refractivity contribution in [2.24, 2.45) is 0 Å². The molecule has 0 aliphatic rings. The molecule has 0 saturated carbocycles. The van der Waals surface area contributed by atoms with Crippen molar-refractivity contribution in [3.05, 3.63) is 71.4 Å². The van der Waals surface area contributed by atoms with E-state index >= 15 is 0 Å². The van der Waals surface area contributed by atoms with Gasteiger partial charge in [-0.3, -0.25) is 9.59 Å². The van der Waals surface area contributed by atoms with Crippen molar-refractivity contribution in [3.63, 3.8) is 0 Å². The quantitative estimate of drug-likeness (QED) is 0.538. The zero-order valence-electron chi connectivity index (χ0n) is 14.6. The maximum Gasteiger partial charge on any atom is 0.323 e. The first kappa shape index (κ1) is 18.0. The van der Waals surface area contributed by atoms with E-state index in [0.717, 1.165) is 16.5 Å². The lowest BCUT2D eigenvalue weighted by Gasteiger charge is -2.04. The second-order valence-corrected chi connectivity index (χ2v) is 6.07. The van der Waals surface area contributed by atoms with Gasteiger partial charge in [0, 0.05) is 22.8 Å². The highest BCUT2D eigenvalue weighted by molar-refractivity contribution is 6.10. The lowest BCUT2D eigenvalue weighted by molar-refractivity contribution is -0.137. The van der Waals surface area contributed by atoms with Crippen LogP contribution in [-0.2, 0) is 16.1 Å². The molecule has 0 fully saturated rings. The number of carboxylic acid groups (broad SMARTS) is 1. The number of nitrogens with one attached hydrogen (secondary N) is 1. The van der Waals surface area contributed by atoms with Gasteiger partial charge in [-0.1, -0.05) is 36.4 Å². The van der Waals surface area contributed by atoms with Gasteiger partial charge in [0.1, 0.15) is 18.2 Å². The Morgan fingerprint density at radius 3 is 2.59 bits per heavy atom. The van der Waals surface area contributed by atoms with Gasteiger partial charge in [-0.15, -0.1) is 0 Å². The molecule has 3 aromatic rings. The van der Waals surface area contributed by atoms with E-state index in [0.29, 0.717) is 11.3 Å². The molecule has 0 unspecified atom stereocenters. The molecule has 1 aromatic heterocycles. The van der Waals surface area contributed by atoms with E-state index in [-0.39, 0.29) is 12.1 Å². The summed E-state index contributed by atoms with van der Waals surface area (Å²) in [5.41, 5.74) is 2.84. The molecule has 1 heterocycles. The minimum absolute atomic E-state index is 0.0604. The summed E-state index contributed by atoms with van der Waals surface area (Å²) >= 11 is 0. The molecule has 0 saturated heterocycles. The number of nitrogens with zero attached hydrogens (tertiary/aromatic N) is 2. The van der Waals surface area contributed by atoms with Gasteiger partial charge in [0.2, 0.25) is 0 Å². The summed E-state index contributed by atoms with van der Waals surface area (Å²) in [7, 11) is 0. The monoisotopic (exact) mass is 359 g/mol. The Labute approximate surface area is 156 Å². The Morgan fingerprint density at radius 1 is 1.19 bits per heavy atom. The van der Waals surface area contributed by atoms with E-state index < -0.39 is 11.9 Å². The summed E-state index contributed by atoms with van der Waals surface area (Å²) in [6.45, 7) is 1.69. The molecule has 0 bridgehead atoms. The second-order valence-electron chi connectivity index (χ2n) is 6.07. The van der Waals surface area contributed by atoms with Gasteiger partial charge in [0.15, 0.2) is 0 Å². The molecule has 6 heteroatoms. The summed E-state index contributed by atoms with van der Waals surface area (Å²) in [5.74, 6) is -1.48. The first-order valence-corrected chi connectivity index (χ1v) is 8.28. The number of anilines is 1. The fourth-order valence-electron chi connectivity index (χ4n) is 2.98. The predicted octanol–water partition coefficient (Wildman–Crippen LogP) is 3.58. The first-order chi connectivity index (χ1) is 13.0. The molecule has 0 atom stereocenters. The molecule has 6 nitrogen and oxygen atoms in total. The van der Waals surface area contributed by atoms with Crippen molar-refractivity contribution < 1.29 is 14.7 Å². The summed E-state index contributed by atoms with van der Waals surface area (Å²) in [4.78, 5) is 23.6. The van der Waals surface area contributed by atoms with Crippen molar-refractivity contribution in [1.29, 1.82) is 5.26 Å². The molecule has 2 N–H and O–H groups in total. The third-order valence-electron chi connectivity index (χ3n) is 4.13. The van der Waals surface area contributed by atoms with Crippen molar-refractivity contribution in [3.8, 4) is 6.07 Å². The Balaban J connectivity index is 2.03. The topological polar surface area (TPSA) is 95.1 Å². The number of nitriles is 1. The number of aryl methyl sites for hydroxylation is 1. The van der Waals surface area contributed by atoms with E-state index in [9.17, 15) is 14.9 Å². The Morgan fingerprint density at radius 2 is 1.93 bits per heavy atom. The van der Waals surface area contributed by atoms with Gasteiger partial charge in [-0.25, -0.2) is 0 Å². The van der Waals surface area contributed by atoms with Crippen LogP contribution in [0.5, 0.6) is 0 Å². The van der Waals surface area contributed by atoms with Crippen LogP contribution in [0.3, 0.4) is 0 Å². The zero-order chi connectivity index (χ0) is 19.4. The Hall–Kier alpha value is -3.85. The first-order valence-electron chi connectivity index (χ1n) is 8.28. The molecule has 3 rings (SSSR count). The van der Waals surface area contributed by atoms with Gasteiger partial charge in [-0.2, -0.15) is 5.26 Å². The molecular weight excluding hydrogens is 342 g/mol. The van der Waals surface area contributed by atoms with Crippen LogP contribution in [0.25, 0.3) is 17.0 Å². The highest BCUT2D eigenvalue weighted by Crippen LogP contribution is 2.26. The molecule has 2 aromatic carbocycles. The van der Waals surface area contributed by atoms with Gasteiger partial charge >= 0.3 is 5.97 Å². The molecule has 0 spiro atoms. The number of carbonyl (C=O) groups excluding carboxylic acids is 1.